The Hall–Kier alpha value is -1.51. The summed E-state index contributed by atoms with van der Waals surface area (Å²) >= 11 is 0. The number of primary amides is 1. The lowest BCUT2D eigenvalue weighted by Crippen LogP contribution is -2.26. The molecule has 0 heterocycles. The summed E-state index contributed by atoms with van der Waals surface area (Å²) in [5, 5.41) is 3.12. The first-order valence-electron chi connectivity index (χ1n) is 4.28. The number of carbonyl (C=O) groups is 1. The number of amides is 1. The molecule has 1 atom stereocenters. The minimum Gasteiger partial charge on any atom is -0.384 e. The predicted octanol–water partition coefficient (Wildman–Crippen LogP) is 1.22. The van der Waals surface area contributed by atoms with Crippen molar-refractivity contribution in [3.8, 4) is 0 Å². The maximum Gasteiger partial charge on any atom is 0.222 e. The fourth-order valence-electron chi connectivity index (χ4n) is 0.928. The topological polar surface area (TPSA) is 55.1 Å². The monoisotopic (exact) mass is 178 g/mol. The van der Waals surface area contributed by atoms with Gasteiger partial charge in [0.25, 0.3) is 0 Å². The molecule has 0 saturated carbocycles. The Balaban J connectivity index is 2.39. The first-order chi connectivity index (χ1) is 6.20. The molecular formula is C10H14N2O. The quantitative estimate of drug-likeness (QED) is 0.728. The molecule has 0 aliphatic carbocycles. The van der Waals surface area contributed by atoms with E-state index in [-0.39, 0.29) is 11.8 Å². The van der Waals surface area contributed by atoms with Crippen LogP contribution in [-0.4, -0.2) is 12.5 Å². The van der Waals surface area contributed by atoms with Crippen molar-refractivity contribution in [3.05, 3.63) is 30.3 Å². The zero-order chi connectivity index (χ0) is 9.68. The van der Waals surface area contributed by atoms with Crippen molar-refractivity contribution in [1.29, 1.82) is 0 Å². The number of rotatable bonds is 4. The van der Waals surface area contributed by atoms with Crippen LogP contribution in [0, 0.1) is 5.92 Å². The first-order valence-corrected chi connectivity index (χ1v) is 4.28. The number of anilines is 1. The summed E-state index contributed by atoms with van der Waals surface area (Å²) in [6, 6.07) is 9.73. The average molecular weight is 178 g/mol. The number of nitrogens with one attached hydrogen (secondary N) is 1. The molecule has 0 bridgehead atoms. The van der Waals surface area contributed by atoms with Crippen molar-refractivity contribution in [2.45, 2.75) is 6.92 Å². The normalized spacial score (nSPS) is 12.1. The Bertz CT molecular complexity index is 272. The number of nitrogens with two attached hydrogens (primary N) is 1. The smallest absolute Gasteiger partial charge is 0.222 e. The van der Waals surface area contributed by atoms with Crippen LogP contribution in [0.2, 0.25) is 0 Å². The third kappa shape index (κ3) is 3.15. The highest BCUT2D eigenvalue weighted by Gasteiger charge is 2.06. The van der Waals surface area contributed by atoms with Crippen molar-refractivity contribution < 1.29 is 4.79 Å². The maximum atomic E-state index is 10.7. The van der Waals surface area contributed by atoms with Crippen LogP contribution in [-0.2, 0) is 4.79 Å². The van der Waals surface area contributed by atoms with Crippen molar-refractivity contribution in [2.24, 2.45) is 11.7 Å². The number of hydrogen-bond acceptors (Lipinski definition) is 2. The predicted molar refractivity (Wildman–Crippen MR) is 53.3 cm³/mol. The molecule has 0 aliphatic rings. The fourth-order valence-corrected chi connectivity index (χ4v) is 0.928. The molecule has 0 aromatic heterocycles. The largest absolute Gasteiger partial charge is 0.384 e. The van der Waals surface area contributed by atoms with Gasteiger partial charge in [-0.25, -0.2) is 0 Å². The van der Waals surface area contributed by atoms with Crippen LogP contribution in [0.1, 0.15) is 6.92 Å². The van der Waals surface area contributed by atoms with Gasteiger partial charge >= 0.3 is 0 Å². The van der Waals surface area contributed by atoms with Gasteiger partial charge in [0, 0.05) is 12.2 Å². The Kier molecular flexibility index (Phi) is 3.31. The fraction of sp³-hybridized carbons (Fsp3) is 0.300. The minimum atomic E-state index is -0.275. The molecule has 3 heteroatoms. The van der Waals surface area contributed by atoms with Gasteiger partial charge in [-0.15, -0.1) is 0 Å². The van der Waals surface area contributed by atoms with E-state index in [0.717, 1.165) is 5.69 Å². The van der Waals surface area contributed by atoms with Crippen molar-refractivity contribution in [2.75, 3.05) is 11.9 Å². The summed E-state index contributed by atoms with van der Waals surface area (Å²) in [5.74, 6) is -0.413. The third-order valence-corrected chi connectivity index (χ3v) is 1.87. The van der Waals surface area contributed by atoms with Gasteiger partial charge in [0.2, 0.25) is 5.91 Å². The number of benzene rings is 1. The number of hydrogen-bond donors (Lipinski definition) is 2. The van der Waals surface area contributed by atoms with Gasteiger partial charge in [-0.05, 0) is 12.1 Å². The van der Waals surface area contributed by atoms with Crippen LogP contribution in [0.15, 0.2) is 30.3 Å². The van der Waals surface area contributed by atoms with Gasteiger partial charge in [0.15, 0.2) is 0 Å². The molecule has 0 radical (unpaired) electrons. The van der Waals surface area contributed by atoms with Crippen LogP contribution in [0.25, 0.3) is 0 Å². The van der Waals surface area contributed by atoms with E-state index in [1.807, 2.05) is 30.3 Å². The van der Waals surface area contributed by atoms with Gasteiger partial charge in [0.1, 0.15) is 0 Å². The summed E-state index contributed by atoms with van der Waals surface area (Å²) in [5.41, 5.74) is 6.13. The minimum absolute atomic E-state index is 0.139. The lowest BCUT2D eigenvalue weighted by atomic mass is 10.1. The molecular weight excluding hydrogens is 164 g/mol. The van der Waals surface area contributed by atoms with Gasteiger partial charge in [-0.2, -0.15) is 0 Å². The maximum absolute atomic E-state index is 10.7. The van der Waals surface area contributed by atoms with Crippen molar-refractivity contribution >= 4 is 11.6 Å². The molecule has 0 aliphatic heterocycles. The van der Waals surface area contributed by atoms with Crippen LogP contribution < -0.4 is 11.1 Å². The van der Waals surface area contributed by atoms with Crippen molar-refractivity contribution in [1.82, 2.24) is 0 Å². The zero-order valence-electron chi connectivity index (χ0n) is 7.66. The molecule has 0 saturated heterocycles. The van der Waals surface area contributed by atoms with Crippen molar-refractivity contribution in [3.63, 3.8) is 0 Å². The Morgan fingerprint density at radius 1 is 1.46 bits per heavy atom. The molecule has 3 nitrogen and oxygen atoms in total. The summed E-state index contributed by atoms with van der Waals surface area (Å²) in [4.78, 5) is 10.7. The lowest BCUT2D eigenvalue weighted by Gasteiger charge is -2.09. The van der Waals surface area contributed by atoms with E-state index in [9.17, 15) is 4.79 Å². The Morgan fingerprint density at radius 2 is 2.08 bits per heavy atom. The summed E-state index contributed by atoms with van der Waals surface area (Å²) < 4.78 is 0. The average Bonchev–Trinajstić information content (AvgIpc) is 2.15. The van der Waals surface area contributed by atoms with E-state index in [2.05, 4.69) is 5.32 Å². The molecule has 13 heavy (non-hydrogen) atoms. The van der Waals surface area contributed by atoms with E-state index in [0.29, 0.717) is 6.54 Å². The van der Waals surface area contributed by atoms with Crippen LogP contribution in [0.3, 0.4) is 0 Å². The molecule has 1 amide bonds. The summed E-state index contributed by atoms with van der Waals surface area (Å²) in [6.45, 7) is 2.39. The van der Waals surface area contributed by atoms with Crippen LogP contribution in [0.5, 0.6) is 0 Å². The standard InChI is InChI=1S/C10H14N2O/c1-8(10(11)13)7-12-9-5-3-2-4-6-9/h2-6,8,12H,7H2,1H3,(H2,11,13). The molecule has 1 aromatic carbocycles. The molecule has 1 rings (SSSR count). The second kappa shape index (κ2) is 4.50. The number of para-hydroxylation sites is 1. The molecule has 0 spiro atoms. The lowest BCUT2D eigenvalue weighted by molar-refractivity contribution is -0.120. The zero-order valence-corrected chi connectivity index (χ0v) is 7.66. The highest BCUT2D eigenvalue weighted by atomic mass is 16.1. The molecule has 0 fully saturated rings. The van der Waals surface area contributed by atoms with E-state index in [1.54, 1.807) is 6.92 Å². The summed E-state index contributed by atoms with van der Waals surface area (Å²) in [7, 11) is 0. The van der Waals surface area contributed by atoms with Gasteiger partial charge < -0.3 is 11.1 Å². The van der Waals surface area contributed by atoms with Gasteiger partial charge in [-0.1, -0.05) is 25.1 Å². The second-order valence-electron chi connectivity index (χ2n) is 3.05. The van der Waals surface area contributed by atoms with E-state index in [4.69, 9.17) is 5.73 Å². The molecule has 70 valence electrons. The highest BCUT2D eigenvalue weighted by Crippen LogP contribution is 2.05. The SMILES string of the molecule is CC(CNc1ccccc1)C(N)=O. The first kappa shape index (κ1) is 9.58. The van der Waals surface area contributed by atoms with Gasteiger partial charge in [0.05, 0.1) is 5.92 Å². The molecule has 1 unspecified atom stereocenters. The molecule has 1 aromatic rings. The van der Waals surface area contributed by atoms with Gasteiger partial charge in [-0.3, -0.25) is 4.79 Å². The summed E-state index contributed by atoms with van der Waals surface area (Å²) in [6.07, 6.45) is 0. The van der Waals surface area contributed by atoms with Crippen LogP contribution in [0.4, 0.5) is 5.69 Å². The third-order valence-electron chi connectivity index (χ3n) is 1.87. The van der Waals surface area contributed by atoms with E-state index in [1.165, 1.54) is 0 Å². The van der Waals surface area contributed by atoms with E-state index < -0.39 is 0 Å². The van der Waals surface area contributed by atoms with E-state index >= 15 is 0 Å². The van der Waals surface area contributed by atoms with Crippen LogP contribution >= 0.6 is 0 Å². The highest BCUT2D eigenvalue weighted by molar-refractivity contribution is 5.76. The molecule has 3 N–H and O–H groups in total. The Morgan fingerprint density at radius 3 is 2.62 bits per heavy atom. The second-order valence-corrected chi connectivity index (χ2v) is 3.05. The Labute approximate surface area is 77.9 Å². The number of carbonyl (C=O) groups excluding carboxylic acids is 1.